The zero-order chi connectivity index (χ0) is 16.5. The lowest BCUT2D eigenvalue weighted by Gasteiger charge is -2.33. The van der Waals surface area contributed by atoms with Crippen LogP contribution in [-0.4, -0.2) is 27.0 Å². The van der Waals surface area contributed by atoms with E-state index in [9.17, 15) is 4.79 Å². The van der Waals surface area contributed by atoms with Crippen LogP contribution in [-0.2, 0) is 24.3 Å². The minimum atomic E-state index is -0.390. The minimum Gasteiger partial charge on any atom is -0.461 e. The molecule has 2 aromatic heterocycles. The number of nitrogens with zero attached hydrogens (tertiary/aromatic N) is 3. The van der Waals surface area contributed by atoms with Gasteiger partial charge in [0.1, 0.15) is 0 Å². The Labute approximate surface area is 138 Å². The topological polar surface area (TPSA) is 98.4 Å². The summed E-state index contributed by atoms with van der Waals surface area (Å²) in [7, 11) is 0. The molecule has 0 saturated heterocycles. The Morgan fingerprint density at radius 3 is 2.83 bits per heavy atom. The van der Waals surface area contributed by atoms with Crippen molar-refractivity contribution in [3.8, 4) is 11.6 Å². The fourth-order valence-electron chi connectivity index (χ4n) is 3.02. The number of fused-ring (bicyclic) bond motifs is 1. The van der Waals surface area contributed by atoms with Crippen molar-refractivity contribution in [3.05, 3.63) is 59.7 Å². The number of hydrogen-bond acceptors (Lipinski definition) is 6. The molecular formula is C17H16N4O3. The van der Waals surface area contributed by atoms with Gasteiger partial charge in [0.2, 0.25) is 17.6 Å². The van der Waals surface area contributed by atoms with Gasteiger partial charge in [0.15, 0.2) is 5.76 Å². The van der Waals surface area contributed by atoms with Gasteiger partial charge < -0.3 is 14.7 Å². The Bertz CT molecular complexity index is 856. The van der Waals surface area contributed by atoms with Gasteiger partial charge in [-0.2, -0.15) is 4.98 Å². The first-order valence-electron chi connectivity index (χ1n) is 7.67. The number of benzene rings is 1. The van der Waals surface area contributed by atoms with Crippen molar-refractivity contribution in [2.75, 3.05) is 0 Å². The van der Waals surface area contributed by atoms with E-state index in [4.69, 9.17) is 14.7 Å². The van der Waals surface area contributed by atoms with Crippen LogP contribution in [0.5, 0.6) is 0 Å². The van der Waals surface area contributed by atoms with E-state index in [-0.39, 0.29) is 11.9 Å². The van der Waals surface area contributed by atoms with Gasteiger partial charge in [-0.15, -0.1) is 0 Å². The molecule has 122 valence electrons. The van der Waals surface area contributed by atoms with Gasteiger partial charge in [0.25, 0.3) is 0 Å². The van der Waals surface area contributed by atoms with E-state index < -0.39 is 0 Å². The number of carbonyl (C=O) groups excluding carboxylic acids is 1. The standard InChI is InChI=1S/C17H16N4O3/c18-16(22)13-8-11-4-1-2-5-12(11)9-21(13)10-15-19-17(20-24-15)14-6-3-7-23-14/h1-7,13H,8-10H2,(H2,18,22)/t13-/m0/s1. The van der Waals surface area contributed by atoms with Gasteiger partial charge in [0.05, 0.1) is 18.8 Å². The number of furan rings is 1. The van der Waals surface area contributed by atoms with Crippen LogP contribution in [0.1, 0.15) is 17.0 Å². The Morgan fingerprint density at radius 1 is 1.25 bits per heavy atom. The second kappa shape index (κ2) is 5.93. The summed E-state index contributed by atoms with van der Waals surface area (Å²) in [6.07, 6.45) is 2.14. The van der Waals surface area contributed by atoms with E-state index in [1.807, 2.05) is 23.1 Å². The van der Waals surface area contributed by atoms with Crippen LogP contribution < -0.4 is 5.73 Å². The van der Waals surface area contributed by atoms with Crippen LogP contribution in [0.3, 0.4) is 0 Å². The summed E-state index contributed by atoms with van der Waals surface area (Å²) in [6, 6.07) is 11.2. The molecule has 1 amide bonds. The maximum atomic E-state index is 11.9. The maximum Gasteiger partial charge on any atom is 0.241 e. The fraction of sp³-hybridized carbons (Fsp3) is 0.235. The Kier molecular flexibility index (Phi) is 3.62. The first-order valence-corrected chi connectivity index (χ1v) is 7.67. The monoisotopic (exact) mass is 324 g/mol. The molecule has 0 radical (unpaired) electrons. The number of hydrogen-bond donors (Lipinski definition) is 1. The van der Waals surface area contributed by atoms with E-state index in [1.54, 1.807) is 18.4 Å². The van der Waals surface area contributed by atoms with Gasteiger partial charge in [-0.1, -0.05) is 29.4 Å². The molecule has 1 aromatic carbocycles. The van der Waals surface area contributed by atoms with Gasteiger partial charge in [-0.25, -0.2) is 0 Å². The van der Waals surface area contributed by atoms with E-state index in [0.717, 1.165) is 5.56 Å². The van der Waals surface area contributed by atoms with Gasteiger partial charge in [-0.05, 0) is 29.7 Å². The van der Waals surface area contributed by atoms with Crippen molar-refractivity contribution in [2.45, 2.75) is 25.6 Å². The molecule has 0 saturated carbocycles. The third kappa shape index (κ3) is 2.69. The van der Waals surface area contributed by atoms with Crippen molar-refractivity contribution in [1.82, 2.24) is 15.0 Å². The van der Waals surface area contributed by atoms with Gasteiger partial charge in [0, 0.05) is 6.54 Å². The molecular weight excluding hydrogens is 308 g/mol. The zero-order valence-electron chi connectivity index (χ0n) is 12.9. The van der Waals surface area contributed by atoms with E-state index in [0.29, 0.717) is 37.0 Å². The lowest BCUT2D eigenvalue weighted by molar-refractivity contribution is -0.124. The van der Waals surface area contributed by atoms with Gasteiger partial charge >= 0.3 is 0 Å². The van der Waals surface area contributed by atoms with E-state index in [2.05, 4.69) is 16.2 Å². The summed E-state index contributed by atoms with van der Waals surface area (Å²) in [4.78, 5) is 18.1. The molecule has 2 N–H and O–H groups in total. The minimum absolute atomic E-state index is 0.352. The highest BCUT2D eigenvalue weighted by atomic mass is 16.5. The summed E-state index contributed by atoms with van der Waals surface area (Å²) >= 11 is 0. The summed E-state index contributed by atoms with van der Waals surface area (Å²) < 4.78 is 10.5. The van der Waals surface area contributed by atoms with Crippen molar-refractivity contribution in [3.63, 3.8) is 0 Å². The second-order valence-electron chi connectivity index (χ2n) is 5.79. The third-order valence-electron chi connectivity index (χ3n) is 4.22. The molecule has 3 aromatic rings. The molecule has 0 fully saturated rings. The first kappa shape index (κ1) is 14.6. The highest BCUT2D eigenvalue weighted by molar-refractivity contribution is 5.80. The molecule has 0 unspecified atom stereocenters. The van der Waals surface area contributed by atoms with Crippen molar-refractivity contribution in [1.29, 1.82) is 0 Å². The lowest BCUT2D eigenvalue weighted by atomic mass is 9.93. The Balaban J connectivity index is 1.57. The average Bonchev–Trinajstić information content (AvgIpc) is 3.25. The van der Waals surface area contributed by atoms with Crippen LogP contribution in [0.15, 0.2) is 51.6 Å². The molecule has 0 spiro atoms. The molecule has 24 heavy (non-hydrogen) atoms. The summed E-state index contributed by atoms with van der Waals surface area (Å²) in [5.41, 5.74) is 7.92. The highest BCUT2D eigenvalue weighted by Gasteiger charge is 2.31. The zero-order valence-corrected chi connectivity index (χ0v) is 12.9. The summed E-state index contributed by atoms with van der Waals surface area (Å²) in [5.74, 6) is 1.01. The largest absolute Gasteiger partial charge is 0.461 e. The molecule has 0 bridgehead atoms. The van der Waals surface area contributed by atoms with E-state index in [1.165, 1.54) is 5.56 Å². The lowest BCUT2D eigenvalue weighted by Crippen LogP contribution is -2.48. The smallest absolute Gasteiger partial charge is 0.241 e. The van der Waals surface area contributed by atoms with Crippen LogP contribution in [0.4, 0.5) is 0 Å². The van der Waals surface area contributed by atoms with Crippen molar-refractivity contribution >= 4 is 5.91 Å². The molecule has 1 aliphatic rings. The van der Waals surface area contributed by atoms with Crippen LogP contribution in [0, 0.1) is 0 Å². The molecule has 4 rings (SSSR count). The quantitative estimate of drug-likeness (QED) is 0.785. The SMILES string of the molecule is NC(=O)[C@@H]1Cc2ccccc2CN1Cc1nc(-c2ccco2)no1. The molecule has 7 nitrogen and oxygen atoms in total. The van der Waals surface area contributed by atoms with Gasteiger partial charge in [-0.3, -0.25) is 9.69 Å². The number of primary amides is 1. The predicted octanol–water partition coefficient (Wildman–Crippen LogP) is 1.74. The average molecular weight is 324 g/mol. The normalized spacial score (nSPS) is 17.6. The summed E-state index contributed by atoms with van der Waals surface area (Å²) in [5, 5.41) is 3.92. The summed E-state index contributed by atoms with van der Waals surface area (Å²) in [6.45, 7) is 0.970. The Morgan fingerprint density at radius 2 is 2.08 bits per heavy atom. The predicted molar refractivity (Wildman–Crippen MR) is 84.4 cm³/mol. The number of amides is 1. The number of rotatable bonds is 4. The van der Waals surface area contributed by atoms with Crippen LogP contribution in [0.25, 0.3) is 11.6 Å². The fourth-order valence-corrected chi connectivity index (χ4v) is 3.02. The molecule has 1 aliphatic heterocycles. The second-order valence-corrected chi connectivity index (χ2v) is 5.79. The molecule has 0 aliphatic carbocycles. The molecule has 7 heteroatoms. The van der Waals surface area contributed by atoms with Crippen molar-refractivity contribution < 1.29 is 13.7 Å². The number of nitrogens with two attached hydrogens (primary N) is 1. The number of aromatic nitrogens is 2. The molecule has 1 atom stereocenters. The van der Waals surface area contributed by atoms with E-state index >= 15 is 0 Å². The van der Waals surface area contributed by atoms with Crippen LogP contribution >= 0.6 is 0 Å². The maximum absolute atomic E-state index is 11.9. The van der Waals surface area contributed by atoms with Crippen molar-refractivity contribution in [2.24, 2.45) is 5.73 Å². The van der Waals surface area contributed by atoms with Crippen LogP contribution in [0.2, 0.25) is 0 Å². The molecule has 3 heterocycles. The highest BCUT2D eigenvalue weighted by Crippen LogP contribution is 2.25. The Hall–Kier alpha value is -2.93. The number of carbonyl (C=O) groups is 1. The third-order valence-corrected chi connectivity index (χ3v) is 4.22. The first-order chi connectivity index (χ1) is 11.7.